The van der Waals surface area contributed by atoms with Gasteiger partial charge in [-0.3, -0.25) is 9.59 Å². The third-order valence-electron chi connectivity index (χ3n) is 5.72. The SMILES string of the molecule is CCOc1cccc(/C(O)=C2/C(=O)C(=O)N(CCc3ccc(Cl)cc3)C2c2ccc(O)cc2)c1. The average molecular weight is 478 g/mol. The van der Waals surface area contributed by atoms with E-state index in [2.05, 4.69) is 0 Å². The molecule has 1 aliphatic heterocycles. The Kier molecular flexibility index (Phi) is 6.89. The Morgan fingerprint density at radius 2 is 1.74 bits per heavy atom. The number of aliphatic hydroxyl groups excluding tert-OH is 1. The van der Waals surface area contributed by atoms with Crippen molar-refractivity contribution in [3.05, 3.63) is 100 Å². The zero-order valence-corrected chi connectivity index (χ0v) is 19.3. The molecule has 1 saturated heterocycles. The monoisotopic (exact) mass is 477 g/mol. The van der Waals surface area contributed by atoms with E-state index in [-0.39, 0.29) is 23.6 Å². The Bertz CT molecular complexity index is 1230. The van der Waals surface area contributed by atoms with Gasteiger partial charge in [-0.1, -0.05) is 48.0 Å². The smallest absolute Gasteiger partial charge is 0.295 e. The van der Waals surface area contributed by atoms with Crippen LogP contribution in [-0.2, 0) is 16.0 Å². The number of ketones is 1. The summed E-state index contributed by atoms with van der Waals surface area (Å²) in [5, 5.41) is 21.5. The molecule has 0 saturated carbocycles. The molecule has 6 nitrogen and oxygen atoms in total. The first-order valence-corrected chi connectivity index (χ1v) is 11.3. The number of carbonyl (C=O) groups is 2. The van der Waals surface area contributed by atoms with E-state index in [1.54, 1.807) is 48.5 Å². The minimum atomic E-state index is -0.802. The molecule has 0 aliphatic carbocycles. The topological polar surface area (TPSA) is 87.1 Å². The van der Waals surface area contributed by atoms with Gasteiger partial charge in [0, 0.05) is 17.1 Å². The lowest BCUT2D eigenvalue weighted by molar-refractivity contribution is -0.139. The standard InChI is InChI=1S/C27H24ClNO5/c1-2-34-22-5-3-4-19(16-22)25(31)23-24(18-8-12-21(30)13-9-18)29(27(33)26(23)32)15-14-17-6-10-20(28)11-7-17/h3-13,16,24,30-31H,2,14-15H2,1H3/b25-23-. The maximum absolute atomic E-state index is 13.1. The lowest BCUT2D eigenvalue weighted by Gasteiger charge is -2.25. The minimum Gasteiger partial charge on any atom is -0.508 e. The second-order valence-electron chi connectivity index (χ2n) is 7.92. The van der Waals surface area contributed by atoms with Crippen molar-refractivity contribution in [3.63, 3.8) is 0 Å². The molecule has 4 rings (SSSR count). The summed E-state index contributed by atoms with van der Waals surface area (Å²) < 4.78 is 5.52. The summed E-state index contributed by atoms with van der Waals surface area (Å²) >= 11 is 5.97. The highest BCUT2D eigenvalue weighted by molar-refractivity contribution is 6.46. The largest absolute Gasteiger partial charge is 0.508 e. The number of phenolic OH excluding ortho intramolecular Hbond substituents is 1. The number of ether oxygens (including phenoxy) is 1. The van der Waals surface area contributed by atoms with Gasteiger partial charge in [0.1, 0.15) is 17.3 Å². The van der Waals surface area contributed by atoms with Crippen LogP contribution in [0.25, 0.3) is 5.76 Å². The quantitative estimate of drug-likeness (QED) is 0.280. The van der Waals surface area contributed by atoms with Gasteiger partial charge in [-0.05, 0) is 60.9 Å². The van der Waals surface area contributed by atoms with Crippen LogP contribution in [0.3, 0.4) is 0 Å². The number of aliphatic hydroxyl groups is 1. The number of aromatic hydroxyl groups is 1. The molecule has 174 valence electrons. The van der Waals surface area contributed by atoms with Crippen molar-refractivity contribution in [2.24, 2.45) is 0 Å². The van der Waals surface area contributed by atoms with Gasteiger partial charge in [-0.25, -0.2) is 0 Å². The highest BCUT2D eigenvalue weighted by atomic mass is 35.5. The summed E-state index contributed by atoms with van der Waals surface area (Å²) in [5.41, 5.74) is 1.95. The molecular formula is C27H24ClNO5. The van der Waals surface area contributed by atoms with E-state index in [0.717, 1.165) is 5.56 Å². The highest BCUT2D eigenvalue weighted by Crippen LogP contribution is 2.40. The van der Waals surface area contributed by atoms with Crippen molar-refractivity contribution in [2.75, 3.05) is 13.2 Å². The number of carbonyl (C=O) groups excluding carboxylic acids is 2. The number of halogens is 1. The number of hydrogen-bond acceptors (Lipinski definition) is 5. The van der Waals surface area contributed by atoms with Gasteiger partial charge < -0.3 is 19.8 Å². The van der Waals surface area contributed by atoms with Crippen LogP contribution in [0, 0.1) is 0 Å². The molecule has 3 aromatic carbocycles. The van der Waals surface area contributed by atoms with Gasteiger partial charge in [0.15, 0.2) is 0 Å². The molecule has 1 aliphatic rings. The number of benzene rings is 3. The van der Waals surface area contributed by atoms with Gasteiger partial charge in [-0.2, -0.15) is 0 Å². The Morgan fingerprint density at radius 3 is 2.41 bits per heavy atom. The van der Waals surface area contributed by atoms with Crippen LogP contribution >= 0.6 is 11.6 Å². The molecule has 0 aromatic heterocycles. The molecular weight excluding hydrogens is 454 g/mol. The zero-order chi connectivity index (χ0) is 24.2. The number of hydrogen-bond donors (Lipinski definition) is 2. The van der Waals surface area contributed by atoms with Crippen LogP contribution in [0.5, 0.6) is 11.5 Å². The molecule has 0 bridgehead atoms. The van der Waals surface area contributed by atoms with Crippen molar-refractivity contribution in [2.45, 2.75) is 19.4 Å². The molecule has 3 aromatic rings. The molecule has 7 heteroatoms. The minimum absolute atomic E-state index is 0.000411. The van der Waals surface area contributed by atoms with E-state index in [1.165, 1.54) is 17.0 Å². The Morgan fingerprint density at radius 1 is 1.03 bits per heavy atom. The molecule has 0 radical (unpaired) electrons. The normalized spacial score (nSPS) is 17.2. The van der Waals surface area contributed by atoms with Gasteiger partial charge in [0.05, 0.1) is 18.2 Å². The predicted molar refractivity (Wildman–Crippen MR) is 130 cm³/mol. The van der Waals surface area contributed by atoms with Crippen LogP contribution in [0.2, 0.25) is 5.02 Å². The molecule has 1 fully saturated rings. The van der Waals surface area contributed by atoms with Gasteiger partial charge in [-0.15, -0.1) is 0 Å². The number of amides is 1. The van der Waals surface area contributed by atoms with E-state index >= 15 is 0 Å². The second-order valence-corrected chi connectivity index (χ2v) is 8.36. The molecule has 0 spiro atoms. The fourth-order valence-corrected chi connectivity index (χ4v) is 4.20. The first-order chi connectivity index (χ1) is 16.4. The second kappa shape index (κ2) is 10.0. The molecule has 1 unspecified atom stereocenters. The third kappa shape index (κ3) is 4.77. The van der Waals surface area contributed by atoms with Gasteiger partial charge in [0.2, 0.25) is 0 Å². The maximum atomic E-state index is 13.1. The molecule has 1 atom stereocenters. The molecule has 1 heterocycles. The number of Topliss-reactive ketones (excluding diaryl/α,β-unsaturated/α-hetero) is 1. The van der Waals surface area contributed by atoms with Crippen LogP contribution in [0.15, 0.2) is 78.4 Å². The third-order valence-corrected chi connectivity index (χ3v) is 5.97. The van der Waals surface area contributed by atoms with Crippen molar-refractivity contribution in [1.29, 1.82) is 0 Å². The molecule has 34 heavy (non-hydrogen) atoms. The van der Waals surface area contributed by atoms with E-state index in [9.17, 15) is 19.8 Å². The summed E-state index contributed by atoms with van der Waals surface area (Å²) in [6.45, 7) is 2.56. The Balaban J connectivity index is 1.76. The van der Waals surface area contributed by atoms with Crippen molar-refractivity contribution in [3.8, 4) is 11.5 Å². The summed E-state index contributed by atoms with van der Waals surface area (Å²) in [6.07, 6.45) is 0.499. The van der Waals surface area contributed by atoms with Gasteiger partial charge >= 0.3 is 0 Å². The van der Waals surface area contributed by atoms with E-state index in [4.69, 9.17) is 16.3 Å². The summed E-state index contributed by atoms with van der Waals surface area (Å²) in [5.74, 6) is -1.11. The molecule has 2 N–H and O–H groups in total. The number of rotatable bonds is 7. The Labute approximate surface area is 202 Å². The van der Waals surface area contributed by atoms with E-state index in [0.29, 0.717) is 34.9 Å². The summed E-state index contributed by atoms with van der Waals surface area (Å²) in [4.78, 5) is 27.7. The van der Waals surface area contributed by atoms with Crippen LogP contribution in [0.4, 0.5) is 0 Å². The van der Waals surface area contributed by atoms with Crippen LogP contribution in [-0.4, -0.2) is 40.0 Å². The summed E-state index contributed by atoms with van der Waals surface area (Å²) in [7, 11) is 0. The lowest BCUT2D eigenvalue weighted by atomic mass is 9.95. The zero-order valence-electron chi connectivity index (χ0n) is 18.6. The predicted octanol–water partition coefficient (Wildman–Crippen LogP) is 5.11. The first-order valence-electron chi connectivity index (χ1n) is 10.9. The first kappa shape index (κ1) is 23.4. The fourth-order valence-electron chi connectivity index (χ4n) is 4.07. The number of likely N-dealkylation sites (tertiary alicyclic amines) is 1. The van der Waals surface area contributed by atoms with Crippen molar-refractivity contribution < 1.29 is 24.5 Å². The summed E-state index contributed by atoms with van der Waals surface area (Å²) in [6, 6.07) is 19.5. The van der Waals surface area contributed by atoms with Crippen molar-refractivity contribution >= 4 is 29.1 Å². The Hall–Kier alpha value is -3.77. The maximum Gasteiger partial charge on any atom is 0.295 e. The van der Waals surface area contributed by atoms with E-state index < -0.39 is 17.7 Å². The van der Waals surface area contributed by atoms with Gasteiger partial charge in [0.25, 0.3) is 11.7 Å². The van der Waals surface area contributed by atoms with Crippen LogP contribution in [0.1, 0.15) is 29.7 Å². The highest BCUT2D eigenvalue weighted by Gasteiger charge is 2.45. The number of nitrogens with zero attached hydrogens (tertiary/aromatic N) is 1. The van der Waals surface area contributed by atoms with Crippen LogP contribution < -0.4 is 4.74 Å². The van der Waals surface area contributed by atoms with Crippen molar-refractivity contribution in [1.82, 2.24) is 4.90 Å². The number of phenols is 1. The molecule has 1 amide bonds. The lowest BCUT2D eigenvalue weighted by Crippen LogP contribution is -2.31. The van der Waals surface area contributed by atoms with E-state index in [1.807, 2.05) is 19.1 Å². The fraction of sp³-hybridized carbons (Fsp3) is 0.185. The average Bonchev–Trinajstić information content (AvgIpc) is 3.09.